The second-order valence-electron chi connectivity index (χ2n) is 6.39. The summed E-state index contributed by atoms with van der Waals surface area (Å²) < 4.78 is 1.39. The molecule has 1 atom stereocenters. The number of carbonyl (C=O) groups is 1. The molecule has 3 rings (SSSR count). The van der Waals surface area contributed by atoms with Crippen molar-refractivity contribution < 1.29 is 9.90 Å². The Morgan fingerprint density at radius 3 is 2.67 bits per heavy atom. The van der Waals surface area contributed by atoms with Crippen molar-refractivity contribution in [3.05, 3.63) is 64.3 Å². The molecule has 1 saturated carbocycles. The fourth-order valence-corrected chi connectivity index (χ4v) is 3.05. The summed E-state index contributed by atoms with van der Waals surface area (Å²) in [5.74, 6) is 0.0516. The SMILES string of the molecule is Cn1cc(C(=O)N[C@@H](Cc2ccncc2)C2CC(O)C2)ccc1=O. The maximum Gasteiger partial charge on any atom is 0.253 e. The van der Waals surface area contributed by atoms with Crippen molar-refractivity contribution in [3.63, 3.8) is 0 Å². The molecule has 0 saturated heterocycles. The highest BCUT2D eigenvalue weighted by atomic mass is 16.3. The first-order valence-corrected chi connectivity index (χ1v) is 8.07. The van der Waals surface area contributed by atoms with Crippen molar-refractivity contribution in [2.24, 2.45) is 13.0 Å². The summed E-state index contributed by atoms with van der Waals surface area (Å²) in [4.78, 5) is 28.0. The molecule has 0 bridgehead atoms. The summed E-state index contributed by atoms with van der Waals surface area (Å²) in [6.07, 6.45) is 6.82. The Morgan fingerprint density at radius 2 is 2.04 bits per heavy atom. The summed E-state index contributed by atoms with van der Waals surface area (Å²) >= 11 is 0. The molecule has 0 aliphatic heterocycles. The molecule has 1 aliphatic carbocycles. The molecule has 0 aromatic carbocycles. The van der Waals surface area contributed by atoms with Crippen LogP contribution in [0.2, 0.25) is 0 Å². The third kappa shape index (κ3) is 3.71. The second kappa shape index (κ2) is 6.97. The monoisotopic (exact) mass is 327 g/mol. The molecule has 6 nitrogen and oxygen atoms in total. The highest BCUT2D eigenvalue weighted by molar-refractivity contribution is 5.94. The fraction of sp³-hybridized carbons (Fsp3) is 0.389. The van der Waals surface area contributed by atoms with Crippen molar-refractivity contribution >= 4 is 5.91 Å². The summed E-state index contributed by atoms with van der Waals surface area (Å²) in [5, 5.41) is 12.7. The lowest BCUT2D eigenvalue weighted by Gasteiger charge is -2.38. The van der Waals surface area contributed by atoms with E-state index in [2.05, 4.69) is 10.3 Å². The van der Waals surface area contributed by atoms with Gasteiger partial charge in [-0.2, -0.15) is 0 Å². The van der Waals surface area contributed by atoms with Gasteiger partial charge in [-0.3, -0.25) is 14.6 Å². The van der Waals surface area contributed by atoms with Crippen LogP contribution in [0.3, 0.4) is 0 Å². The standard InChI is InChI=1S/C18H21N3O3/c1-21-11-13(2-3-17(21)23)18(24)20-16(14-9-15(22)10-14)8-12-4-6-19-7-5-12/h2-7,11,14-16,22H,8-10H2,1H3,(H,20,24)/t14?,15?,16-/m0/s1. The maximum atomic E-state index is 12.5. The zero-order valence-corrected chi connectivity index (χ0v) is 13.6. The topological polar surface area (TPSA) is 84.2 Å². The van der Waals surface area contributed by atoms with Gasteiger partial charge in [-0.25, -0.2) is 0 Å². The van der Waals surface area contributed by atoms with Crippen LogP contribution in [-0.4, -0.2) is 32.7 Å². The van der Waals surface area contributed by atoms with E-state index in [1.54, 1.807) is 19.4 Å². The van der Waals surface area contributed by atoms with Crippen LogP contribution in [0.25, 0.3) is 0 Å². The average molecular weight is 327 g/mol. The van der Waals surface area contributed by atoms with E-state index in [1.165, 1.54) is 22.9 Å². The number of aliphatic hydroxyl groups excluding tert-OH is 1. The van der Waals surface area contributed by atoms with Gasteiger partial charge in [0.1, 0.15) is 0 Å². The number of aromatic nitrogens is 2. The zero-order chi connectivity index (χ0) is 17.1. The first-order chi connectivity index (χ1) is 11.5. The minimum absolute atomic E-state index is 0.0551. The van der Waals surface area contributed by atoms with E-state index < -0.39 is 0 Å². The molecule has 2 N–H and O–H groups in total. The van der Waals surface area contributed by atoms with Crippen LogP contribution in [0, 0.1) is 5.92 Å². The first kappa shape index (κ1) is 16.4. The fourth-order valence-electron chi connectivity index (χ4n) is 3.05. The quantitative estimate of drug-likeness (QED) is 0.854. The van der Waals surface area contributed by atoms with Gasteiger partial charge in [-0.15, -0.1) is 0 Å². The normalized spacial score (nSPS) is 20.9. The van der Waals surface area contributed by atoms with Gasteiger partial charge in [0.15, 0.2) is 0 Å². The van der Waals surface area contributed by atoms with Crippen LogP contribution in [0.4, 0.5) is 0 Å². The van der Waals surface area contributed by atoms with Gasteiger partial charge in [-0.1, -0.05) is 0 Å². The van der Waals surface area contributed by atoms with Crippen molar-refractivity contribution in [1.82, 2.24) is 14.9 Å². The number of nitrogens with zero attached hydrogens (tertiary/aromatic N) is 2. The lowest BCUT2D eigenvalue weighted by molar-refractivity contribution is 0.0239. The lowest BCUT2D eigenvalue weighted by Crippen LogP contribution is -2.48. The van der Waals surface area contributed by atoms with Crippen LogP contribution in [0.5, 0.6) is 0 Å². The molecule has 0 radical (unpaired) electrons. The van der Waals surface area contributed by atoms with E-state index in [1.807, 2.05) is 12.1 Å². The predicted molar refractivity (Wildman–Crippen MR) is 89.6 cm³/mol. The number of amides is 1. The van der Waals surface area contributed by atoms with Crippen LogP contribution >= 0.6 is 0 Å². The Bertz CT molecular complexity index is 767. The van der Waals surface area contributed by atoms with Crippen LogP contribution in [0.15, 0.2) is 47.7 Å². The van der Waals surface area contributed by atoms with E-state index in [0.717, 1.165) is 5.56 Å². The Kier molecular flexibility index (Phi) is 4.76. The van der Waals surface area contributed by atoms with E-state index in [9.17, 15) is 14.7 Å². The number of hydrogen-bond acceptors (Lipinski definition) is 4. The van der Waals surface area contributed by atoms with Gasteiger partial charge in [0.25, 0.3) is 5.91 Å². The predicted octanol–water partition coefficient (Wildman–Crippen LogP) is 0.892. The maximum absolute atomic E-state index is 12.5. The van der Waals surface area contributed by atoms with Gasteiger partial charge in [0.05, 0.1) is 11.7 Å². The summed E-state index contributed by atoms with van der Waals surface area (Å²) in [5.41, 5.74) is 1.40. The molecule has 2 aromatic rings. The number of nitrogens with one attached hydrogen (secondary N) is 1. The molecule has 0 unspecified atom stereocenters. The summed E-state index contributed by atoms with van der Waals surface area (Å²) in [6.45, 7) is 0. The van der Waals surface area contributed by atoms with Crippen molar-refractivity contribution in [2.45, 2.75) is 31.4 Å². The molecular formula is C18H21N3O3. The third-order valence-corrected chi connectivity index (χ3v) is 4.59. The molecular weight excluding hydrogens is 306 g/mol. The van der Waals surface area contributed by atoms with Crippen molar-refractivity contribution in [1.29, 1.82) is 0 Å². The van der Waals surface area contributed by atoms with Gasteiger partial charge in [-0.05, 0) is 48.9 Å². The average Bonchev–Trinajstić information content (AvgIpc) is 2.55. The summed E-state index contributed by atoms with van der Waals surface area (Å²) in [7, 11) is 1.62. The van der Waals surface area contributed by atoms with E-state index in [-0.39, 0.29) is 29.5 Å². The van der Waals surface area contributed by atoms with Crippen LogP contribution < -0.4 is 10.9 Å². The molecule has 126 valence electrons. The van der Waals surface area contributed by atoms with Gasteiger partial charge < -0.3 is 15.0 Å². The Hall–Kier alpha value is -2.47. The molecule has 1 fully saturated rings. The molecule has 1 amide bonds. The van der Waals surface area contributed by atoms with Crippen LogP contribution in [-0.2, 0) is 13.5 Å². The Balaban J connectivity index is 1.74. The van der Waals surface area contributed by atoms with Gasteiger partial charge in [0.2, 0.25) is 5.56 Å². The minimum Gasteiger partial charge on any atom is -0.393 e. The highest BCUT2D eigenvalue weighted by Crippen LogP contribution is 2.31. The van der Waals surface area contributed by atoms with E-state index in [0.29, 0.717) is 24.8 Å². The minimum atomic E-state index is -0.274. The number of carbonyl (C=O) groups excluding carboxylic acids is 1. The zero-order valence-electron chi connectivity index (χ0n) is 13.6. The van der Waals surface area contributed by atoms with Crippen LogP contribution in [0.1, 0.15) is 28.8 Å². The number of aryl methyl sites for hydroxylation is 1. The van der Waals surface area contributed by atoms with Crippen molar-refractivity contribution in [3.8, 4) is 0 Å². The largest absolute Gasteiger partial charge is 0.393 e. The molecule has 24 heavy (non-hydrogen) atoms. The molecule has 1 aliphatic rings. The molecule has 2 aromatic heterocycles. The summed E-state index contributed by atoms with van der Waals surface area (Å²) in [6, 6.07) is 6.73. The number of pyridine rings is 2. The number of aliphatic hydroxyl groups is 1. The number of rotatable bonds is 5. The molecule has 0 spiro atoms. The van der Waals surface area contributed by atoms with Gasteiger partial charge in [0, 0.05) is 37.7 Å². The lowest BCUT2D eigenvalue weighted by atomic mass is 9.75. The van der Waals surface area contributed by atoms with E-state index >= 15 is 0 Å². The van der Waals surface area contributed by atoms with E-state index in [4.69, 9.17) is 0 Å². The number of hydrogen-bond donors (Lipinski definition) is 2. The Labute approximate surface area is 140 Å². The molecule has 6 heteroatoms. The third-order valence-electron chi connectivity index (χ3n) is 4.59. The first-order valence-electron chi connectivity index (χ1n) is 8.07. The molecule has 2 heterocycles. The second-order valence-corrected chi connectivity index (χ2v) is 6.39. The Morgan fingerprint density at radius 1 is 1.33 bits per heavy atom. The highest BCUT2D eigenvalue weighted by Gasteiger charge is 2.34. The van der Waals surface area contributed by atoms with Gasteiger partial charge >= 0.3 is 0 Å². The smallest absolute Gasteiger partial charge is 0.253 e. The van der Waals surface area contributed by atoms with Crippen molar-refractivity contribution in [2.75, 3.05) is 0 Å².